The Morgan fingerprint density at radius 2 is 2.06 bits per heavy atom. The second kappa shape index (κ2) is 4.91. The summed E-state index contributed by atoms with van der Waals surface area (Å²) in [5, 5.41) is 0.560. The van der Waals surface area contributed by atoms with E-state index in [9.17, 15) is 9.59 Å². The number of benzene rings is 1. The number of aromatic amines is 1. The molecule has 2 rings (SSSR count). The Morgan fingerprint density at radius 3 is 2.72 bits per heavy atom. The molecule has 1 aromatic heterocycles. The van der Waals surface area contributed by atoms with E-state index in [0.717, 1.165) is 0 Å². The van der Waals surface area contributed by atoms with Gasteiger partial charge in [0, 0.05) is 23.2 Å². The van der Waals surface area contributed by atoms with E-state index in [0.29, 0.717) is 22.3 Å². The predicted octanol–water partition coefficient (Wildman–Crippen LogP) is 1.25. The molecular weight excluding hydrogens is 234 g/mol. The van der Waals surface area contributed by atoms with Crippen LogP contribution in [0.2, 0.25) is 0 Å². The summed E-state index contributed by atoms with van der Waals surface area (Å²) in [6.45, 7) is 0. The number of H-pyrrole nitrogens is 1. The molecule has 0 fully saturated rings. The molecule has 0 aliphatic rings. The van der Waals surface area contributed by atoms with Crippen molar-refractivity contribution in [2.24, 2.45) is 0 Å². The lowest BCUT2D eigenvalue weighted by Gasteiger charge is -2.05. The van der Waals surface area contributed by atoms with Crippen molar-refractivity contribution in [1.82, 2.24) is 4.98 Å². The van der Waals surface area contributed by atoms with Gasteiger partial charge in [0.2, 0.25) is 0 Å². The SMILES string of the molecule is COC(=O)Cc1cc(=O)c2ccc(OC)cc2[nH]1. The van der Waals surface area contributed by atoms with E-state index in [1.165, 1.54) is 13.2 Å². The molecule has 0 spiro atoms. The first-order chi connectivity index (χ1) is 8.63. The number of hydrogen-bond acceptors (Lipinski definition) is 4. The van der Waals surface area contributed by atoms with Gasteiger partial charge in [-0.1, -0.05) is 0 Å². The van der Waals surface area contributed by atoms with Crippen molar-refractivity contribution in [3.8, 4) is 5.75 Å². The Bertz CT molecular complexity index is 645. The fraction of sp³-hybridized carbons (Fsp3) is 0.231. The van der Waals surface area contributed by atoms with Crippen LogP contribution in [0.4, 0.5) is 0 Å². The zero-order valence-corrected chi connectivity index (χ0v) is 10.1. The van der Waals surface area contributed by atoms with Gasteiger partial charge in [0.25, 0.3) is 0 Å². The molecule has 94 valence electrons. The van der Waals surface area contributed by atoms with E-state index in [1.54, 1.807) is 25.3 Å². The fourth-order valence-corrected chi connectivity index (χ4v) is 1.74. The Hall–Kier alpha value is -2.30. The summed E-state index contributed by atoms with van der Waals surface area (Å²) >= 11 is 0. The molecule has 0 amide bonds. The van der Waals surface area contributed by atoms with Gasteiger partial charge in [-0.2, -0.15) is 0 Å². The molecule has 0 unspecified atom stereocenters. The van der Waals surface area contributed by atoms with Crippen molar-refractivity contribution in [2.45, 2.75) is 6.42 Å². The highest BCUT2D eigenvalue weighted by Gasteiger charge is 2.07. The van der Waals surface area contributed by atoms with E-state index < -0.39 is 5.97 Å². The van der Waals surface area contributed by atoms with Crippen molar-refractivity contribution in [3.05, 3.63) is 40.2 Å². The van der Waals surface area contributed by atoms with E-state index in [4.69, 9.17) is 4.74 Å². The summed E-state index contributed by atoms with van der Waals surface area (Å²) in [5.41, 5.74) is 1.03. The van der Waals surface area contributed by atoms with Crippen molar-refractivity contribution in [1.29, 1.82) is 0 Å². The van der Waals surface area contributed by atoms with Crippen molar-refractivity contribution >= 4 is 16.9 Å². The molecule has 2 aromatic rings. The smallest absolute Gasteiger partial charge is 0.311 e. The highest BCUT2D eigenvalue weighted by Crippen LogP contribution is 2.16. The second-order valence-electron chi connectivity index (χ2n) is 3.82. The zero-order chi connectivity index (χ0) is 13.1. The Morgan fingerprint density at radius 1 is 1.28 bits per heavy atom. The number of rotatable bonds is 3. The van der Waals surface area contributed by atoms with Crippen LogP contribution < -0.4 is 10.2 Å². The summed E-state index contributed by atoms with van der Waals surface area (Å²) in [7, 11) is 2.86. The number of carbonyl (C=O) groups is 1. The number of pyridine rings is 1. The lowest BCUT2D eigenvalue weighted by molar-refractivity contribution is -0.139. The van der Waals surface area contributed by atoms with E-state index in [2.05, 4.69) is 9.72 Å². The van der Waals surface area contributed by atoms with Crippen LogP contribution in [-0.4, -0.2) is 25.2 Å². The highest BCUT2D eigenvalue weighted by molar-refractivity contribution is 5.81. The molecule has 0 saturated heterocycles. The van der Waals surface area contributed by atoms with Gasteiger partial charge in [0.05, 0.1) is 26.2 Å². The molecule has 1 N–H and O–H groups in total. The lowest BCUT2D eigenvalue weighted by Crippen LogP contribution is -2.11. The van der Waals surface area contributed by atoms with Crippen LogP contribution in [0.1, 0.15) is 5.69 Å². The van der Waals surface area contributed by atoms with E-state index in [1.807, 2.05) is 0 Å². The van der Waals surface area contributed by atoms with E-state index >= 15 is 0 Å². The monoisotopic (exact) mass is 247 g/mol. The molecule has 1 heterocycles. The Kier molecular flexibility index (Phi) is 3.32. The molecule has 0 aliphatic heterocycles. The minimum absolute atomic E-state index is 0.0406. The standard InChI is InChI=1S/C13H13NO4/c1-17-9-3-4-10-11(7-9)14-8(5-12(10)15)6-13(16)18-2/h3-5,7H,6H2,1-2H3,(H,14,15). The third-order valence-electron chi connectivity index (χ3n) is 2.66. The first-order valence-electron chi connectivity index (χ1n) is 5.41. The molecule has 0 atom stereocenters. The molecule has 0 saturated carbocycles. The van der Waals surface area contributed by atoms with Gasteiger partial charge in [0.1, 0.15) is 5.75 Å². The van der Waals surface area contributed by atoms with Crippen LogP contribution in [0.15, 0.2) is 29.1 Å². The summed E-state index contributed by atoms with van der Waals surface area (Å²) in [5.74, 6) is 0.251. The third kappa shape index (κ3) is 2.34. The van der Waals surface area contributed by atoms with Gasteiger partial charge in [-0.25, -0.2) is 0 Å². The quantitative estimate of drug-likeness (QED) is 0.829. The maximum absolute atomic E-state index is 11.9. The molecule has 18 heavy (non-hydrogen) atoms. The van der Waals surface area contributed by atoms with Crippen LogP contribution >= 0.6 is 0 Å². The van der Waals surface area contributed by atoms with Crippen molar-refractivity contribution < 1.29 is 14.3 Å². The van der Waals surface area contributed by atoms with Crippen molar-refractivity contribution in [2.75, 3.05) is 14.2 Å². The maximum Gasteiger partial charge on any atom is 0.311 e. The minimum atomic E-state index is -0.395. The van der Waals surface area contributed by atoms with Gasteiger partial charge >= 0.3 is 5.97 Å². The summed E-state index contributed by atoms with van der Waals surface area (Å²) in [4.78, 5) is 26.1. The summed E-state index contributed by atoms with van der Waals surface area (Å²) in [6, 6.07) is 6.54. The van der Waals surface area contributed by atoms with Crippen LogP contribution in [0.5, 0.6) is 5.75 Å². The Labute approximate surface area is 103 Å². The number of ether oxygens (including phenoxy) is 2. The fourth-order valence-electron chi connectivity index (χ4n) is 1.74. The van der Waals surface area contributed by atoms with Gasteiger partial charge in [-0.3, -0.25) is 9.59 Å². The number of aromatic nitrogens is 1. The molecule has 5 nitrogen and oxygen atoms in total. The molecule has 1 aromatic carbocycles. The molecule has 5 heteroatoms. The first-order valence-corrected chi connectivity index (χ1v) is 5.41. The topological polar surface area (TPSA) is 68.4 Å². The molecule has 0 aliphatic carbocycles. The van der Waals surface area contributed by atoms with E-state index in [-0.39, 0.29) is 11.8 Å². The number of methoxy groups -OCH3 is 2. The third-order valence-corrected chi connectivity index (χ3v) is 2.66. The number of esters is 1. The summed E-state index contributed by atoms with van der Waals surface area (Å²) in [6.07, 6.45) is 0.0406. The van der Waals surface area contributed by atoms with Crippen molar-refractivity contribution in [3.63, 3.8) is 0 Å². The highest BCUT2D eigenvalue weighted by atomic mass is 16.5. The first kappa shape index (κ1) is 12.2. The maximum atomic E-state index is 11.9. The van der Waals surface area contributed by atoms with Crippen LogP contribution in [0, 0.1) is 0 Å². The predicted molar refractivity (Wildman–Crippen MR) is 66.8 cm³/mol. The van der Waals surface area contributed by atoms with Gasteiger partial charge in [0.15, 0.2) is 5.43 Å². The normalized spacial score (nSPS) is 10.3. The number of nitrogens with one attached hydrogen (secondary N) is 1. The molecule has 0 radical (unpaired) electrons. The zero-order valence-electron chi connectivity index (χ0n) is 10.1. The second-order valence-corrected chi connectivity index (χ2v) is 3.82. The summed E-state index contributed by atoms with van der Waals surface area (Å²) < 4.78 is 9.66. The number of carbonyl (C=O) groups excluding carboxylic acids is 1. The van der Waals surface area contributed by atoms with Gasteiger partial charge < -0.3 is 14.5 Å². The van der Waals surface area contributed by atoms with Crippen LogP contribution in [-0.2, 0) is 16.0 Å². The van der Waals surface area contributed by atoms with Crippen LogP contribution in [0.3, 0.4) is 0 Å². The number of hydrogen-bond donors (Lipinski definition) is 1. The average Bonchev–Trinajstić information content (AvgIpc) is 2.37. The molecular formula is C13H13NO4. The molecule has 0 bridgehead atoms. The average molecular weight is 247 g/mol. The van der Waals surface area contributed by atoms with Gasteiger partial charge in [-0.15, -0.1) is 0 Å². The Balaban J connectivity index is 2.52. The lowest BCUT2D eigenvalue weighted by atomic mass is 10.1. The van der Waals surface area contributed by atoms with Gasteiger partial charge in [-0.05, 0) is 12.1 Å². The minimum Gasteiger partial charge on any atom is -0.497 e. The number of fused-ring (bicyclic) bond motifs is 1. The largest absolute Gasteiger partial charge is 0.497 e. The van der Waals surface area contributed by atoms with Crippen LogP contribution in [0.25, 0.3) is 10.9 Å².